The molecule has 0 saturated heterocycles. The zero-order chi connectivity index (χ0) is 42.5. The molecule has 0 aromatic heterocycles. The molecule has 1 aliphatic heterocycles. The summed E-state index contributed by atoms with van der Waals surface area (Å²) in [6.45, 7) is 8.30. The molecular weight excluding hydrogens is 905 g/mol. The number of alkyl halides is 6. The van der Waals surface area contributed by atoms with Crippen LogP contribution >= 0.6 is 17.0 Å². The Kier molecular flexibility index (Phi) is 10.1. The van der Waals surface area contributed by atoms with Gasteiger partial charge in [0.1, 0.15) is 0 Å². The Balaban J connectivity index is 1.38. The first-order valence-corrected chi connectivity index (χ1v) is 32.0. The van der Waals surface area contributed by atoms with Crippen molar-refractivity contribution in [3.8, 4) is 33.4 Å². The molecule has 0 radical (unpaired) electrons. The Morgan fingerprint density at radius 1 is 0.483 bits per heavy atom. The number of allylic oxidation sites excluding steroid dienone is 2. The zero-order valence-electron chi connectivity index (χ0n) is 33.3. The Bertz CT molecular complexity index is 2660. The third-order valence-corrected chi connectivity index (χ3v) is 35.6. The minimum absolute atomic E-state index is 0.0752. The van der Waals surface area contributed by atoms with Gasteiger partial charge in [0.2, 0.25) is 0 Å². The van der Waals surface area contributed by atoms with E-state index < -0.39 is 56.6 Å². The first-order chi connectivity index (χ1) is 28.4. The van der Waals surface area contributed by atoms with Crippen molar-refractivity contribution >= 4 is 52.3 Å². The van der Waals surface area contributed by atoms with E-state index in [1.807, 2.05) is 54.6 Å². The van der Waals surface area contributed by atoms with Crippen LogP contribution in [0.25, 0.3) is 45.5 Å². The fourth-order valence-electron chi connectivity index (χ4n) is 10.5. The van der Waals surface area contributed by atoms with Gasteiger partial charge in [0.25, 0.3) is 0 Å². The Hall–Kier alpha value is -3.94. The van der Waals surface area contributed by atoms with Crippen molar-refractivity contribution in [3.05, 3.63) is 172 Å². The van der Waals surface area contributed by atoms with Gasteiger partial charge in [0, 0.05) is 0 Å². The van der Waals surface area contributed by atoms with E-state index in [-0.39, 0.29) is 23.0 Å². The van der Waals surface area contributed by atoms with Crippen molar-refractivity contribution in [3.63, 3.8) is 0 Å². The van der Waals surface area contributed by atoms with Gasteiger partial charge in [-0.25, -0.2) is 0 Å². The van der Waals surface area contributed by atoms with E-state index >= 15 is 0 Å². The van der Waals surface area contributed by atoms with Crippen molar-refractivity contribution in [2.75, 3.05) is 0 Å². The zero-order valence-corrected chi connectivity index (χ0v) is 38.7. The molecule has 3 aliphatic rings. The molecule has 0 amide bonds. The number of benzene rings is 6. The second kappa shape index (κ2) is 14.6. The summed E-state index contributed by atoms with van der Waals surface area (Å²) in [5.74, 6) is -0.218. The van der Waals surface area contributed by atoms with Gasteiger partial charge in [-0.1, -0.05) is 0 Å². The van der Waals surface area contributed by atoms with Crippen molar-refractivity contribution in [1.82, 2.24) is 0 Å². The molecule has 0 bridgehead atoms. The van der Waals surface area contributed by atoms with Crippen molar-refractivity contribution in [1.29, 1.82) is 0 Å². The summed E-state index contributed by atoms with van der Waals surface area (Å²) in [5.41, 5.74) is 6.64. The first kappa shape index (κ1) is 41.4. The summed E-state index contributed by atoms with van der Waals surface area (Å²) < 4.78 is 87.8. The van der Waals surface area contributed by atoms with Crippen molar-refractivity contribution in [2.45, 2.75) is 47.3 Å². The maximum atomic E-state index is 14.7. The molecule has 2 atom stereocenters. The summed E-state index contributed by atoms with van der Waals surface area (Å²) in [7, 11) is 17.0. The van der Waals surface area contributed by atoms with E-state index in [0.29, 0.717) is 22.3 Å². The average molecular weight is 946 g/mol. The topological polar surface area (TPSA) is 0 Å². The van der Waals surface area contributed by atoms with Crippen molar-refractivity contribution < 1.29 is 42.7 Å². The molecule has 60 heavy (non-hydrogen) atoms. The van der Waals surface area contributed by atoms with E-state index in [0.717, 1.165) is 48.8 Å². The number of fused-ring (bicyclic) bond motifs is 5. The molecule has 6 aromatic carbocycles. The molecule has 2 aliphatic carbocycles. The molecule has 9 rings (SSSR count). The monoisotopic (exact) mass is 943 g/mol. The standard InChI is InChI=1S/2C19H16F3.C12H9Si.2ClH.Zr/c2*1-12(2)14-10-13-6-5-8-15(17(13)11-14)16-7-3-4-9-18(16)19(20,21)22;1-3-7-11-9(5-1)10-6-2-4-8-12(10)13-11;;;/h2*3-12H,1-2H3;1-7H,13H2;2*1H;/q;;;;;+2/p-2. The van der Waals surface area contributed by atoms with Gasteiger partial charge in [-0.3, -0.25) is 0 Å². The van der Waals surface area contributed by atoms with E-state index in [1.165, 1.54) is 34.6 Å². The summed E-state index contributed by atoms with van der Waals surface area (Å²) in [6.07, 6.45) is -5.12. The average Bonchev–Trinajstić information content (AvgIpc) is 3.93. The molecule has 0 saturated carbocycles. The molecule has 2 unspecified atom stereocenters. The molecule has 0 spiro atoms. The fourth-order valence-corrected chi connectivity index (χ4v) is 38.8. The second-order valence-corrected chi connectivity index (χ2v) is 39.4. The number of rotatable bonds is 7. The maximum absolute atomic E-state index is 14.7. The Labute approximate surface area is 357 Å². The summed E-state index contributed by atoms with van der Waals surface area (Å²) in [6, 6.07) is 37.0. The normalized spacial score (nSPS) is 18.2. The van der Waals surface area contributed by atoms with Gasteiger partial charge < -0.3 is 0 Å². The molecule has 0 nitrogen and oxygen atoms in total. The van der Waals surface area contributed by atoms with Crippen LogP contribution in [-0.2, 0) is 28.7 Å². The Morgan fingerprint density at radius 2 is 0.883 bits per heavy atom. The van der Waals surface area contributed by atoms with E-state index in [1.54, 1.807) is 24.3 Å². The molecule has 305 valence electrons. The van der Waals surface area contributed by atoms with Crippen LogP contribution in [0, 0.1) is 11.8 Å². The molecule has 10 heteroatoms. The molecule has 1 heterocycles. The first-order valence-electron chi connectivity index (χ1n) is 20.2. The minimum atomic E-state index is -6.14. The van der Waals surface area contributed by atoms with E-state index in [9.17, 15) is 26.3 Å². The summed E-state index contributed by atoms with van der Waals surface area (Å²) in [5, 5.41) is 2.44. The van der Waals surface area contributed by atoms with Crippen LogP contribution in [0.15, 0.2) is 139 Å². The predicted octanol–water partition coefficient (Wildman–Crippen LogP) is 13.4. The van der Waals surface area contributed by atoms with Crippen LogP contribution in [0.2, 0.25) is 0 Å². The van der Waals surface area contributed by atoms with Crippen LogP contribution in [0.3, 0.4) is 0 Å². The third-order valence-electron chi connectivity index (χ3n) is 13.0. The molecule has 0 fully saturated rings. The quantitative estimate of drug-likeness (QED) is 0.110. The number of hydrogen-bond acceptors (Lipinski definition) is 0. The third kappa shape index (κ3) is 6.33. The van der Waals surface area contributed by atoms with Gasteiger partial charge in [0.15, 0.2) is 0 Å². The van der Waals surface area contributed by atoms with Crippen LogP contribution in [0.4, 0.5) is 26.3 Å². The van der Waals surface area contributed by atoms with Gasteiger partial charge in [-0.05, 0) is 0 Å². The molecular formula is C50H41Cl2F6SiZr. The van der Waals surface area contributed by atoms with Gasteiger partial charge in [0.05, 0.1) is 0 Å². The summed E-state index contributed by atoms with van der Waals surface area (Å²) >= 11 is -6.14. The van der Waals surface area contributed by atoms with E-state index in [4.69, 9.17) is 17.0 Å². The van der Waals surface area contributed by atoms with Gasteiger partial charge in [-0.2, -0.15) is 0 Å². The van der Waals surface area contributed by atoms with Crippen LogP contribution in [-0.4, -0.2) is 9.52 Å². The van der Waals surface area contributed by atoms with E-state index in [2.05, 4.69) is 52.0 Å². The predicted molar refractivity (Wildman–Crippen MR) is 236 cm³/mol. The SMILES string of the molecule is CC(C)C1=Cc2c(-c3ccccc3C(F)(F)F)cccc2[CH]1[Zr]([Cl])([Cl])([c]1cccc2c1[SiH2]c1ccccc1-2)[CH]1C(C(C)C)=Cc2c(-c3ccccc3C(F)(F)F)cccc21. The number of halogens is 8. The fraction of sp³-hybridized carbons (Fsp3) is 0.200. The second-order valence-electron chi connectivity index (χ2n) is 17.0. The Morgan fingerprint density at radius 3 is 1.35 bits per heavy atom. The number of hydrogen-bond donors (Lipinski definition) is 0. The van der Waals surface area contributed by atoms with Crippen LogP contribution < -0.4 is 13.6 Å². The summed E-state index contributed by atoms with van der Waals surface area (Å²) in [4.78, 5) is 0. The molecule has 6 aromatic rings. The van der Waals surface area contributed by atoms with Crippen LogP contribution in [0.5, 0.6) is 0 Å². The van der Waals surface area contributed by atoms with Crippen LogP contribution in [0.1, 0.15) is 68.3 Å². The van der Waals surface area contributed by atoms with Gasteiger partial charge in [-0.15, -0.1) is 0 Å². The van der Waals surface area contributed by atoms with Crippen molar-refractivity contribution in [2.24, 2.45) is 11.8 Å². The van der Waals surface area contributed by atoms with Gasteiger partial charge >= 0.3 is 360 Å². The molecule has 0 N–H and O–H groups in total.